The number of benzene rings is 3. The number of anilines is 1. The molecule has 4 rings (SSSR count). The number of thioether (sulfide) groups is 1. The average Bonchev–Trinajstić information content (AvgIpc) is 2.69. The van der Waals surface area contributed by atoms with Crippen molar-refractivity contribution in [3.8, 4) is 0 Å². The molecule has 132 valence electrons. The lowest BCUT2D eigenvalue weighted by Gasteiger charge is -2.19. The van der Waals surface area contributed by atoms with Crippen LogP contribution in [-0.4, -0.2) is 10.1 Å². The van der Waals surface area contributed by atoms with Crippen LogP contribution in [0, 0.1) is 10.1 Å². The van der Waals surface area contributed by atoms with E-state index in [4.69, 9.17) is 0 Å². The molecule has 0 radical (unpaired) electrons. The molecule has 1 aliphatic heterocycles. The van der Waals surface area contributed by atoms with Gasteiger partial charge < -0.3 is 5.32 Å². The molecule has 0 spiro atoms. The summed E-state index contributed by atoms with van der Waals surface area (Å²) in [5.74, 6) is 0. The van der Waals surface area contributed by atoms with Crippen molar-refractivity contribution in [2.75, 3.05) is 5.32 Å². The zero-order chi connectivity index (χ0) is 18.6. The van der Waals surface area contributed by atoms with E-state index in [1.54, 1.807) is 23.9 Å². The third-order valence-electron chi connectivity index (χ3n) is 4.02. The van der Waals surface area contributed by atoms with Gasteiger partial charge in [-0.2, -0.15) is 0 Å². The van der Waals surface area contributed by atoms with Crippen LogP contribution in [0.3, 0.4) is 0 Å². The van der Waals surface area contributed by atoms with Crippen LogP contribution in [0.5, 0.6) is 0 Å². The first-order valence-corrected chi connectivity index (χ1v) is 9.15. The highest BCUT2D eigenvalue weighted by Crippen LogP contribution is 2.41. The number of nitrogens with one attached hydrogen (secondary N) is 1. The van der Waals surface area contributed by atoms with Gasteiger partial charge in [0, 0.05) is 28.3 Å². The standard InChI is InChI=1S/C21H15N3O2S/c25-24(26)17-12-10-16(11-13-17)22-21-23-19-9-5-4-8-18(19)20(27-21)14-15-6-2-1-3-7-15/h1-14H,(H,22,23)/b20-14-. The van der Waals surface area contributed by atoms with E-state index >= 15 is 0 Å². The Morgan fingerprint density at radius 3 is 2.37 bits per heavy atom. The first-order chi connectivity index (χ1) is 13.2. The Labute approximate surface area is 160 Å². The Morgan fingerprint density at radius 1 is 0.926 bits per heavy atom. The number of amidine groups is 1. The molecule has 1 aliphatic rings. The van der Waals surface area contributed by atoms with Crippen LogP contribution in [0.25, 0.3) is 11.0 Å². The summed E-state index contributed by atoms with van der Waals surface area (Å²) in [6, 6.07) is 24.5. The molecule has 3 aromatic carbocycles. The minimum Gasteiger partial charge on any atom is -0.334 e. The van der Waals surface area contributed by atoms with Crippen molar-refractivity contribution in [1.29, 1.82) is 0 Å². The molecule has 0 atom stereocenters. The lowest BCUT2D eigenvalue weighted by molar-refractivity contribution is -0.384. The molecule has 6 heteroatoms. The van der Waals surface area contributed by atoms with Gasteiger partial charge in [0.05, 0.1) is 10.6 Å². The van der Waals surface area contributed by atoms with Crippen LogP contribution in [-0.2, 0) is 0 Å². The third-order valence-corrected chi connectivity index (χ3v) is 4.97. The van der Waals surface area contributed by atoms with E-state index in [9.17, 15) is 10.1 Å². The number of non-ortho nitro benzene ring substituents is 1. The summed E-state index contributed by atoms with van der Waals surface area (Å²) in [5.41, 5.74) is 3.91. The van der Waals surface area contributed by atoms with Crippen LogP contribution in [0.2, 0.25) is 0 Å². The second-order valence-electron chi connectivity index (χ2n) is 5.88. The second-order valence-corrected chi connectivity index (χ2v) is 6.92. The summed E-state index contributed by atoms with van der Waals surface area (Å²) in [4.78, 5) is 16.2. The predicted octanol–water partition coefficient (Wildman–Crippen LogP) is 5.94. The fourth-order valence-corrected chi connectivity index (χ4v) is 3.72. The lowest BCUT2D eigenvalue weighted by Crippen LogP contribution is -2.10. The second kappa shape index (κ2) is 7.47. The van der Waals surface area contributed by atoms with Gasteiger partial charge in [-0.1, -0.05) is 60.3 Å². The molecule has 0 bridgehead atoms. The first kappa shape index (κ1) is 17.1. The quantitative estimate of drug-likeness (QED) is 0.456. The number of nitro benzene ring substituents is 1. The maximum absolute atomic E-state index is 10.8. The van der Waals surface area contributed by atoms with Crippen molar-refractivity contribution in [3.63, 3.8) is 0 Å². The molecular weight excluding hydrogens is 358 g/mol. The molecule has 0 aromatic heterocycles. The number of nitro groups is 1. The molecule has 0 fully saturated rings. The highest BCUT2D eigenvalue weighted by atomic mass is 32.2. The number of fused-ring (bicyclic) bond motifs is 1. The van der Waals surface area contributed by atoms with Crippen molar-refractivity contribution < 1.29 is 4.92 Å². The number of rotatable bonds is 3. The van der Waals surface area contributed by atoms with E-state index < -0.39 is 4.92 Å². The molecule has 0 saturated heterocycles. The van der Waals surface area contributed by atoms with Crippen molar-refractivity contribution in [2.24, 2.45) is 4.99 Å². The molecule has 0 aliphatic carbocycles. The molecule has 27 heavy (non-hydrogen) atoms. The minimum atomic E-state index is -0.409. The van der Waals surface area contributed by atoms with Crippen molar-refractivity contribution >= 4 is 45.0 Å². The van der Waals surface area contributed by atoms with Crippen LogP contribution in [0.1, 0.15) is 11.1 Å². The van der Waals surface area contributed by atoms with Gasteiger partial charge in [0.1, 0.15) is 0 Å². The zero-order valence-corrected chi connectivity index (χ0v) is 15.0. The van der Waals surface area contributed by atoms with Crippen molar-refractivity contribution in [2.45, 2.75) is 0 Å². The van der Waals surface area contributed by atoms with Crippen LogP contribution >= 0.6 is 11.8 Å². The summed E-state index contributed by atoms with van der Waals surface area (Å²) >= 11 is 1.54. The predicted molar refractivity (Wildman–Crippen MR) is 112 cm³/mol. The van der Waals surface area contributed by atoms with Gasteiger partial charge in [-0.05, 0) is 29.8 Å². The fraction of sp³-hybridized carbons (Fsp3) is 0. The molecule has 1 heterocycles. The van der Waals surface area contributed by atoms with Gasteiger partial charge in [0.2, 0.25) is 0 Å². The number of hydrogen-bond acceptors (Lipinski definition) is 5. The molecule has 0 saturated carbocycles. The van der Waals surface area contributed by atoms with Crippen molar-refractivity contribution in [3.05, 3.63) is 100 Å². The van der Waals surface area contributed by atoms with E-state index in [1.165, 1.54) is 12.1 Å². The number of nitrogens with zero attached hydrogens (tertiary/aromatic N) is 2. The first-order valence-electron chi connectivity index (χ1n) is 8.33. The van der Waals surface area contributed by atoms with Gasteiger partial charge in [0.15, 0.2) is 5.17 Å². The topological polar surface area (TPSA) is 67.5 Å². The normalized spacial score (nSPS) is 14.4. The smallest absolute Gasteiger partial charge is 0.269 e. The van der Waals surface area contributed by atoms with Gasteiger partial charge in [-0.25, -0.2) is 4.99 Å². The molecule has 0 amide bonds. The average molecular weight is 373 g/mol. The van der Waals surface area contributed by atoms with E-state index in [-0.39, 0.29) is 5.69 Å². The summed E-state index contributed by atoms with van der Waals surface area (Å²) in [5, 5.41) is 14.8. The van der Waals surface area contributed by atoms with Crippen LogP contribution in [0.15, 0.2) is 83.9 Å². The number of para-hydroxylation sites is 1. The van der Waals surface area contributed by atoms with E-state index in [0.29, 0.717) is 0 Å². The molecule has 0 unspecified atom stereocenters. The Bertz CT molecular complexity index is 1040. The zero-order valence-electron chi connectivity index (χ0n) is 14.2. The summed E-state index contributed by atoms with van der Waals surface area (Å²) in [6.45, 7) is 0. The van der Waals surface area contributed by atoms with E-state index in [1.807, 2.05) is 36.4 Å². The summed E-state index contributed by atoms with van der Waals surface area (Å²) in [6.07, 6.45) is 2.13. The SMILES string of the molecule is O=[N+]([O-])c1ccc(NC2=Nc3ccccc3/C(=C/c3ccccc3)S2)cc1. The minimum absolute atomic E-state index is 0.0637. The summed E-state index contributed by atoms with van der Waals surface area (Å²) in [7, 11) is 0. The molecule has 1 N–H and O–H groups in total. The Morgan fingerprint density at radius 2 is 1.63 bits per heavy atom. The number of aliphatic imine (C=N–C) groups is 1. The van der Waals surface area contributed by atoms with Crippen molar-refractivity contribution in [1.82, 2.24) is 0 Å². The Kier molecular flexibility index (Phi) is 4.72. The van der Waals surface area contributed by atoms with Crippen LogP contribution in [0.4, 0.5) is 17.1 Å². The fourth-order valence-electron chi connectivity index (χ4n) is 2.72. The third kappa shape index (κ3) is 3.91. The summed E-state index contributed by atoms with van der Waals surface area (Å²) < 4.78 is 0. The largest absolute Gasteiger partial charge is 0.334 e. The highest BCUT2D eigenvalue weighted by molar-refractivity contribution is 8.22. The molecule has 5 nitrogen and oxygen atoms in total. The Balaban J connectivity index is 1.65. The van der Waals surface area contributed by atoms with Crippen LogP contribution < -0.4 is 5.32 Å². The van der Waals surface area contributed by atoms with Gasteiger partial charge in [-0.15, -0.1) is 0 Å². The lowest BCUT2D eigenvalue weighted by atomic mass is 10.1. The maximum Gasteiger partial charge on any atom is 0.269 e. The number of hydrogen-bond donors (Lipinski definition) is 1. The monoisotopic (exact) mass is 373 g/mol. The maximum atomic E-state index is 10.8. The van der Waals surface area contributed by atoms with Gasteiger partial charge in [-0.3, -0.25) is 10.1 Å². The van der Waals surface area contributed by atoms with Gasteiger partial charge in [0.25, 0.3) is 5.69 Å². The molecular formula is C21H15N3O2S. The molecule has 3 aromatic rings. The van der Waals surface area contributed by atoms with E-state index in [0.717, 1.165) is 32.6 Å². The Hall–Kier alpha value is -3.38. The highest BCUT2D eigenvalue weighted by Gasteiger charge is 2.18. The van der Waals surface area contributed by atoms with Gasteiger partial charge >= 0.3 is 0 Å². The van der Waals surface area contributed by atoms with E-state index in [2.05, 4.69) is 34.6 Å².